The molecule has 2 rings (SSSR count). The second-order valence-electron chi connectivity index (χ2n) is 6.73. The highest BCUT2D eigenvalue weighted by Gasteiger charge is 2.32. The SMILES string of the molecule is Cc1ccc(C(=N)N)c(N2CCC(C(C)(C)C)C2)c1. The molecule has 0 aliphatic carbocycles. The molecule has 1 saturated heterocycles. The first-order valence-corrected chi connectivity index (χ1v) is 6.99. The average Bonchev–Trinajstić information content (AvgIpc) is 2.77. The van der Waals surface area contributed by atoms with Gasteiger partial charge >= 0.3 is 0 Å². The Hall–Kier alpha value is -1.51. The van der Waals surface area contributed by atoms with Gasteiger partial charge < -0.3 is 10.6 Å². The number of amidine groups is 1. The molecule has 0 saturated carbocycles. The van der Waals surface area contributed by atoms with Crippen molar-refractivity contribution in [2.24, 2.45) is 17.1 Å². The Morgan fingerprint density at radius 1 is 1.37 bits per heavy atom. The van der Waals surface area contributed by atoms with E-state index in [2.05, 4.69) is 38.7 Å². The van der Waals surface area contributed by atoms with E-state index in [0.717, 1.165) is 24.3 Å². The third-order valence-electron chi connectivity index (χ3n) is 4.20. The van der Waals surface area contributed by atoms with Gasteiger partial charge in [-0.25, -0.2) is 0 Å². The van der Waals surface area contributed by atoms with Gasteiger partial charge in [0.05, 0.1) is 0 Å². The predicted molar refractivity (Wildman–Crippen MR) is 82.0 cm³/mol. The van der Waals surface area contributed by atoms with Crippen LogP contribution in [-0.4, -0.2) is 18.9 Å². The Morgan fingerprint density at radius 2 is 2.05 bits per heavy atom. The van der Waals surface area contributed by atoms with Crippen molar-refractivity contribution in [2.75, 3.05) is 18.0 Å². The summed E-state index contributed by atoms with van der Waals surface area (Å²) >= 11 is 0. The van der Waals surface area contributed by atoms with Crippen molar-refractivity contribution in [1.29, 1.82) is 5.41 Å². The number of nitrogens with one attached hydrogen (secondary N) is 1. The number of nitrogens with two attached hydrogens (primary N) is 1. The van der Waals surface area contributed by atoms with Crippen molar-refractivity contribution < 1.29 is 0 Å². The Kier molecular flexibility index (Phi) is 3.57. The number of hydrogen-bond acceptors (Lipinski definition) is 2. The minimum absolute atomic E-state index is 0.161. The molecule has 0 spiro atoms. The van der Waals surface area contributed by atoms with Crippen molar-refractivity contribution in [1.82, 2.24) is 0 Å². The zero-order valence-electron chi connectivity index (χ0n) is 12.5. The highest BCUT2D eigenvalue weighted by Crippen LogP contribution is 2.36. The quantitative estimate of drug-likeness (QED) is 0.633. The molecule has 104 valence electrons. The molecule has 1 fully saturated rings. The third-order valence-corrected chi connectivity index (χ3v) is 4.20. The number of rotatable bonds is 2. The lowest BCUT2D eigenvalue weighted by molar-refractivity contribution is 0.263. The molecular weight excluding hydrogens is 234 g/mol. The van der Waals surface area contributed by atoms with Crippen molar-refractivity contribution in [3.63, 3.8) is 0 Å². The summed E-state index contributed by atoms with van der Waals surface area (Å²) in [6.45, 7) is 11.1. The topological polar surface area (TPSA) is 53.1 Å². The lowest BCUT2D eigenvalue weighted by atomic mass is 9.80. The Morgan fingerprint density at radius 3 is 2.58 bits per heavy atom. The maximum absolute atomic E-state index is 7.73. The summed E-state index contributed by atoms with van der Waals surface area (Å²) in [6.07, 6.45) is 1.22. The van der Waals surface area contributed by atoms with Gasteiger partial charge in [-0.3, -0.25) is 5.41 Å². The highest BCUT2D eigenvalue weighted by atomic mass is 15.2. The van der Waals surface area contributed by atoms with E-state index in [1.54, 1.807) is 0 Å². The maximum Gasteiger partial charge on any atom is 0.124 e. The molecule has 1 aromatic carbocycles. The monoisotopic (exact) mass is 259 g/mol. The van der Waals surface area contributed by atoms with Crippen LogP contribution in [0, 0.1) is 23.7 Å². The lowest BCUT2D eigenvalue weighted by Gasteiger charge is -2.28. The minimum atomic E-state index is 0.161. The van der Waals surface area contributed by atoms with Gasteiger partial charge in [0.1, 0.15) is 5.84 Å². The lowest BCUT2D eigenvalue weighted by Crippen LogP contribution is -2.27. The van der Waals surface area contributed by atoms with E-state index in [1.165, 1.54) is 12.0 Å². The van der Waals surface area contributed by atoms with Crippen LogP contribution in [0.1, 0.15) is 38.3 Å². The Bertz CT molecular complexity index is 485. The van der Waals surface area contributed by atoms with Gasteiger partial charge in [-0.2, -0.15) is 0 Å². The van der Waals surface area contributed by atoms with Crippen LogP contribution in [0.4, 0.5) is 5.69 Å². The van der Waals surface area contributed by atoms with Gasteiger partial charge in [0.25, 0.3) is 0 Å². The van der Waals surface area contributed by atoms with Crippen molar-refractivity contribution in [3.8, 4) is 0 Å². The van der Waals surface area contributed by atoms with Crippen LogP contribution in [0.3, 0.4) is 0 Å². The Labute approximate surface area is 116 Å². The minimum Gasteiger partial charge on any atom is -0.384 e. The zero-order valence-corrected chi connectivity index (χ0v) is 12.5. The van der Waals surface area contributed by atoms with Crippen LogP contribution in [0.5, 0.6) is 0 Å². The first-order valence-electron chi connectivity index (χ1n) is 6.99. The van der Waals surface area contributed by atoms with Gasteiger partial charge in [0, 0.05) is 24.3 Å². The van der Waals surface area contributed by atoms with Gasteiger partial charge in [-0.1, -0.05) is 26.8 Å². The first kappa shape index (κ1) is 13.9. The summed E-state index contributed by atoms with van der Waals surface area (Å²) in [5.41, 5.74) is 9.26. The van der Waals surface area contributed by atoms with Gasteiger partial charge in [-0.05, 0) is 42.4 Å². The van der Waals surface area contributed by atoms with E-state index in [4.69, 9.17) is 11.1 Å². The molecule has 3 N–H and O–H groups in total. The summed E-state index contributed by atoms with van der Waals surface area (Å²) < 4.78 is 0. The summed E-state index contributed by atoms with van der Waals surface area (Å²) in [6, 6.07) is 6.15. The summed E-state index contributed by atoms with van der Waals surface area (Å²) in [4.78, 5) is 2.39. The van der Waals surface area contributed by atoms with Crippen molar-refractivity contribution >= 4 is 11.5 Å². The fraction of sp³-hybridized carbons (Fsp3) is 0.562. The van der Waals surface area contributed by atoms with E-state index in [9.17, 15) is 0 Å². The van der Waals surface area contributed by atoms with Gasteiger partial charge in [0.15, 0.2) is 0 Å². The maximum atomic E-state index is 7.73. The molecule has 1 atom stereocenters. The van der Waals surface area contributed by atoms with Crippen molar-refractivity contribution in [3.05, 3.63) is 29.3 Å². The number of aryl methyl sites for hydroxylation is 1. The second kappa shape index (κ2) is 4.87. The van der Waals surface area contributed by atoms with Gasteiger partial charge in [0.2, 0.25) is 0 Å². The molecule has 1 unspecified atom stereocenters. The molecular formula is C16H25N3. The first-order chi connectivity index (χ1) is 8.79. The standard InChI is InChI=1S/C16H25N3/c1-11-5-6-13(15(17)18)14(9-11)19-8-7-12(10-19)16(2,3)4/h5-6,9,12H,7-8,10H2,1-4H3,(H3,17,18). The molecule has 0 aromatic heterocycles. The van der Waals surface area contributed by atoms with E-state index in [-0.39, 0.29) is 5.84 Å². The fourth-order valence-electron chi connectivity index (χ4n) is 2.82. The summed E-state index contributed by atoms with van der Waals surface area (Å²) in [5, 5.41) is 7.73. The smallest absolute Gasteiger partial charge is 0.124 e. The molecule has 3 nitrogen and oxygen atoms in total. The Balaban J connectivity index is 2.28. The van der Waals surface area contributed by atoms with Gasteiger partial charge in [-0.15, -0.1) is 0 Å². The normalized spacial score (nSPS) is 19.8. The largest absolute Gasteiger partial charge is 0.384 e. The molecule has 0 bridgehead atoms. The summed E-state index contributed by atoms with van der Waals surface area (Å²) in [7, 11) is 0. The molecule has 1 aliphatic heterocycles. The van der Waals surface area contributed by atoms with E-state index in [0.29, 0.717) is 11.3 Å². The number of nitrogen functional groups attached to an aromatic ring is 1. The van der Waals surface area contributed by atoms with Crippen molar-refractivity contribution in [2.45, 2.75) is 34.1 Å². The molecule has 0 amide bonds. The van der Waals surface area contributed by atoms with Crippen LogP contribution < -0.4 is 10.6 Å². The van der Waals surface area contributed by atoms with E-state index < -0.39 is 0 Å². The predicted octanol–water partition coefficient (Wildman–Crippen LogP) is 3.15. The highest BCUT2D eigenvalue weighted by molar-refractivity contribution is 6.00. The molecule has 3 heteroatoms. The molecule has 1 aliphatic rings. The van der Waals surface area contributed by atoms with Crippen LogP contribution >= 0.6 is 0 Å². The number of nitrogens with zero attached hydrogens (tertiary/aromatic N) is 1. The van der Waals surface area contributed by atoms with Crippen LogP contribution in [0.15, 0.2) is 18.2 Å². The second-order valence-corrected chi connectivity index (χ2v) is 6.73. The fourth-order valence-corrected chi connectivity index (χ4v) is 2.82. The van der Waals surface area contributed by atoms with E-state index in [1.807, 2.05) is 12.1 Å². The molecule has 0 radical (unpaired) electrons. The van der Waals surface area contributed by atoms with E-state index >= 15 is 0 Å². The number of hydrogen-bond donors (Lipinski definition) is 2. The summed E-state index contributed by atoms with van der Waals surface area (Å²) in [5.74, 6) is 0.863. The van der Waals surface area contributed by atoms with Crippen LogP contribution in [0.25, 0.3) is 0 Å². The molecule has 1 aromatic rings. The third kappa shape index (κ3) is 2.91. The number of anilines is 1. The van der Waals surface area contributed by atoms with Crippen LogP contribution in [-0.2, 0) is 0 Å². The molecule has 19 heavy (non-hydrogen) atoms. The van der Waals surface area contributed by atoms with Crippen LogP contribution in [0.2, 0.25) is 0 Å². The number of benzene rings is 1. The molecule has 1 heterocycles. The average molecular weight is 259 g/mol. The zero-order chi connectivity index (χ0) is 14.2.